The lowest BCUT2D eigenvalue weighted by Gasteiger charge is -2.38. The summed E-state index contributed by atoms with van der Waals surface area (Å²) in [7, 11) is 0. The third-order valence-electron chi connectivity index (χ3n) is 3.77. The number of benzene rings is 1. The molecule has 20 heavy (non-hydrogen) atoms. The third kappa shape index (κ3) is 2.91. The molecule has 0 saturated carbocycles. The average Bonchev–Trinajstić information content (AvgIpc) is 2.48. The fourth-order valence-electron chi connectivity index (χ4n) is 2.49. The van der Waals surface area contributed by atoms with Crippen molar-refractivity contribution in [1.29, 1.82) is 0 Å². The summed E-state index contributed by atoms with van der Waals surface area (Å²) in [5.41, 5.74) is 0. The van der Waals surface area contributed by atoms with Gasteiger partial charge in [0.05, 0.1) is 0 Å². The smallest absolute Gasteiger partial charge is 0.210 e. The van der Waals surface area contributed by atoms with Crippen molar-refractivity contribution in [3.05, 3.63) is 29.6 Å². The van der Waals surface area contributed by atoms with Crippen LogP contribution in [0.3, 0.4) is 0 Å². The number of rotatable bonds is 4. The van der Waals surface area contributed by atoms with Gasteiger partial charge in [0.2, 0.25) is 11.6 Å². The molecule has 6 heteroatoms. The molecule has 1 saturated heterocycles. The van der Waals surface area contributed by atoms with Crippen LogP contribution in [0.2, 0.25) is 0 Å². The minimum Gasteiger partial charge on any atom is -0.459 e. The highest BCUT2D eigenvalue weighted by Gasteiger charge is 2.39. The van der Waals surface area contributed by atoms with Crippen molar-refractivity contribution in [3.63, 3.8) is 0 Å². The van der Waals surface area contributed by atoms with Gasteiger partial charge in [0.15, 0.2) is 17.4 Å². The number of nitrogens with one attached hydrogen (secondary N) is 1. The number of halogens is 3. The largest absolute Gasteiger partial charge is 0.459 e. The molecule has 1 fully saturated rings. The van der Waals surface area contributed by atoms with E-state index in [1.807, 2.05) is 0 Å². The molecular formula is C14H18F3NO2. The number of hydrogen-bond acceptors (Lipinski definition) is 3. The maximum atomic E-state index is 13.6. The lowest BCUT2D eigenvalue weighted by molar-refractivity contribution is -0.187. The van der Waals surface area contributed by atoms with Crippen LogP contribution in [0, 0.1) is 23.4 Å². The Hall–Kier alpha value is -1.27. The molecule has 1 aromatic rings. The molecule has 0 radical (unpaired) electrons. The van der Waals surface area contributed by atoms with Crippen LogP contribution >= 0.6 is 0 Å². The fraction of sp³-hybridized carbons (Fsp3) is 0.571. The van der Waals surface area contributed by atoms with Gasteiger partial charge in [-0.1, -0.05) is 6.92 Å². The number of ether oxygens (including phenoxy) is 1. The first-order valence-corrected chi connectivity index (χ1v) is 6.73. The summed E-state index contributed by atoms with van der Waals surface area (Å²) in [6, 6.07) is 1.78. The minimum atomic E-state index is -1.59. The molecule has 2 N–H and O–H groups in total. The average molecular weight is 289 g/mol. The van der Waals surface area contributed by atoms with Crippen LogP contribution in [-0.4, -0.2) is 24.0 Å². The van der Waals surface area contributed by atoms with Crippen LogP contribution in [0.4, 0.5) is 13.2 Å². The molecule has 0 aliphatic carbocycles. The predicted molar refractivity (Wildman–Crippen MR) is 67.8 cm³/mol. The number of piperidine rings is 1. The highest BCUT2D eigenvalue weighted by atomic mass is 19.2. The van der Waals surface area contributed by atoms with Gasteiger partial charge in [0.25, 0.3) is 0 Å². The van der Waals surface area contributed by atoms with Crippen LogP contribution < -0.4 is 10.1 Å². The summed E-state index contributed by atoms with van der Waals surface area (Å²) in [6.07, 6.45) is 1.58. The molecule has 1 aliphatic rings. The summed E-state index contributed by atoms with van der Waals surface area (Å²) in [4.78, 5) is 0. The van der Waals surface area contributed by atoms with Crippen molar-refractivity contribution in [3.8, 4) is 5.75 Å². The quantitative estimate of drug-likeness (QED) is 0.661. The second-order valence-electron chi connectivity index (χ2n) is 5.00. The van der Waals surface area contributed by atoms with E-state index in [2.05, 4.69) is 5.32 Å². The minimum absolute atomic E-state index is 0.179. The van der Waals surface area contributed by atoms with E-state index >= 15 is 0 Å². The molecule has 1 aromatic carbocycles. The SMILES string of the molecule is CCC(O)(Oc1ccc(F)c(F)c1F)C1CCNCC1. The molecule has 2 rings (SSSR count). The van der Waals surface area contributed by atoms with Crippen molar-refractivity contribution in [2.75, 3.05) is 13.1 Å². The summed E-state index contributed by atoms with van der Waals surface area (Å²) in [6.45, 7) is 3.17. The Morgan fingerprint density at radius 1 is 1.25 bits per heavy atom. The van der Waals surface area contributed by atoms with Gasteiger partial charge in [-0.3, -0.25) is 0 Å². The van der Waals surface area contributed by atoms with E-state index in [1.54, 1.807) is 6.92 Å². The first kappa shape index (κ1) is 15.1. The number of hydrogen-bond donors (Lipinski definition) is 2. The maximum absolute atomic E-state index is 13.6. The summed E-state index contributed by atoms with van der Waals surface area (Å²) < 4.78 is 45.0. The van der Waals surface area contributed by atoms with Gasteiger partial charge in [-0.25, -0.2) is 8.78 Å². The van der Waals surface area contributed by atoms with Crippen molar-refractivity contribution in [1.82, 2.24) is 5.32 Å². The molecule has 1 aliphatic heterocycles. The normalized spacial score (nSPS) is 19.6. The Kier molecular flexibility index (Phi) is 4.55. The Balaban J connectivity index is 2.23. The van der Waals surface area contributed by atoms with E-state index in [9.17, 15) is 18.3 Å². The second kappa shape index (κ2) is 6.01. The molecule has 3 nitrogen and oxygen atoms in total. The van der Waals surface area contributed by atoms with Gasteiger partial charge in [0.1, 0.15) is 0 Å². The maximum Gasteiger partial charge on any atom is 0.210 e. The molecular weight excluding hydrogens is 271 g/mol. The molecule has 0 spiro atoms. The number of aliphatic hydroxyl groups is 1. The van der Waals surface area contributed by atoms with Crippen molar-refractivity contribution in [2.24, 2.45) is 5.92 Å². The van der Waals surface area contributed by atoms with Gasteiger partial charge in [-0.2, -0.15) is 4.39 Å². The first-order chi connectivity index (χ1) is 9.48. The zero-order valence-electron chi connectivity index (χ0n) is 11.3. The summed E-state index contributed by atoms with van der Waals surface area (Å²) in [5, 5.41) is 13.7. The third-order valence-corrected chi connectivity index (χ3v) is 3.77. The Morgan fingerprint density at radius 3 is 2.50 bits per heavy atom. The van der Waals surface area contributed by atoms with Crippen molar-refractivity contribution < 1.29 is 23.0 Å². The van der Waals surface area contributed by atoms with Gasteiger partial charge in [0, 0.05) is 12.3 Å². The fourth-order valence-corrected chi connectivity index (χ4v) is 2.49. The van der Waals surface area contributed by atoms with Crippen LogP contribution in [0.15, 0.2) is 12.1 Å². The Morgan fingerprint density at radius 2 is 1.90 bits per heavy atom. The highest BCUT2D eigenvalue weighted by molar-refractivity contribution is 5.26. The topological polar surface area (TPSA) is 41.5 Å². The molecule has 1 heterocycles. The van der Waals surface area contributed by atoms with Crippen molar-refractivity contribution in [2.45, 2.75) is 32.0 Å². The van der Waals surface area contributed by atoms with Crippen molar-refractivity contribution >= 4 is 0 Å². The molecule has 1 atom stereocenters. The van der Waals surface area contributed by atoms with Gasteiger partial charge in [-0.05, 0) is 38.1 Å². The summed E-state index contributed by atoms with van der Waals surface area (Å²) in [5.74, 6) is -6.51. The monoisotopic (exact) mass is 289 g/mol. The molecule has 0 bridgehead atoms. The lowest BCUT2D eigenvalue weighted by atomic mass is 9.87. The van der Waals surface area contributed by atoms with E-state index < -0.39 is 29.0 Å². The predicted octanol–water partition coefficient (Wildman–Crippen LogP) is 2.58. The molecule has 1 unspecified atom stereocenters. The van der Waals surface area contributed by atoms with E-state index in [-0.39, 0.29) is 12.3 Å². The highest BCUT2D eigenvalue weighted by Crippen LogP contribution is 2.33. The van der Waals surface area contributed by atoms with Crippen LogP contribution in [-0.2, 0) is 0 Å². The molecule has 0 amide bonds. The van der Waals surface area contributed by atoms with E-state index in [0.717, 1.165) is 25.2 Å². The summed E-state index contributed by atoms with van der Waals surface area (Å²) >= 11 is 0. The van der Waals surface area contributed by atoms with E-state index in [1.165, 1.54) is 0 Å². The van der Waals surface area contributed by atoms with E-state index in [4.69, 9.17) is 4.74 Å². The lowest BCUT2D eigenvalue weighted by Crippen LogP contribution is -2.47. The molecule has 0 aromatic heterocycles. The zero-order chi connectivity index (χ0) is 14.8. The van der Waals surface area contributed by atoms with Crippen LogP contribution in [0.5, 0.6) is 5.75 Å². The Labute approximate surface area is 115 Å². The van der Waals surface area contributed by atoms with Gasteiger partial charge >= 0.3 is 0 Å². The van der Waals surface area contributed by atoms with Crippen LogP contribution in [0.1, 0.15) is 26.2 Å². The zero-order valence-corrected chi connectivity index (χ0v) is 11.3. The van der Waals surface area contributed by atoms with Gasteiger partial charge < -0.3 is 15.2 Å². The second-order valence-corrected chi connectivity index (χ2v) is 5.00. The standard InChI is InChI=1S/C14H18F3NO2/c1-2-14(19,9-5-7-18-8-6-9)20-11-4-3-10(15)12(16)13(11)17/h3-4,9,18-19H,2,5-8H2,1H3. The molecule has 112 valence electrons. The Bertz CT molecular complexity index is 478. The van der Waals surface area contributed by atoms with E-state index in [0.29, 0.717) is 12.8 Å². The first-order valence-electron chi connectivity index (χ1n) is 6.73. The van der Waals surface area contributed by atoms with Crippen LogP contribution in [0.25, 0.3) is 0 Å². The van der Waals surface area contributed by atoms with Gasteiger partial charge in [-0.15, -0.1) is 0 Å².